The number of ether oxygens (including phenoxy) is 1. The number of hydrogen-bond donors (Lipinski definition) is 2. The second-order valence-electron chi connectivity index (χ2n) is 4.87. The number of oxime groups is 1. The van der Waals surface area contributed by atoms with Crippen LogP contribution >= 0.6 is 23.2 Å². The summed E-state index contributed by atoms with van der Waals surface area (Å²) in [6, 6.07) is 5.26. The zero-order chi connectivity index (χ0) is 14.5. The van der Waals surface area contributed by atoms with E-state index >= 15 is 0 Å². The molecule has 0 aliphatic carbocycles. The van der Waals surface area contributed by atoms with Crippen molar-refractivity contribution in [2.75, 3.05) is 6.61 Å². The second-order valence-corrected chi connectivity index (χ2v) is 5.66. The summed E-state index contributed by atoms with van der Waals surface area (Å²) in [5.74, 6) is 0.782. The van der Waals surface area contributed by atoms with Crippen LogP contribution in [-0.4, -0.2) is 17.6 Å². The summed E-state index contributed by atoms with van der Waals surface area (Å²) in [6.45, 7) is 4.31. The number of halogens is 2. The number of benzene rings is 1. The zero-order valence-corrected chi connectivity index (χ0v) is 12.5. The van der Waals surface area contributed by atoms with Crippen LogP contribution in [0.2, 0.25) is 10.0 Å². The molecular weight excluding hydrogens is 287 g/mol. The largest absolute Gasteiger partial charge is 0.492 e. The Balaban J connectivity index is 2.46. The predicted molar refractivity (Wildman–Crippen MR) is 78.4 cm³/mol. The monoisotopic (exact) mass is 304 g/mol. The molecule has 0 heterocycles. The van der Waals surface area contributed by atoms with Crippen molar-refractivity contribution in [1.82, 2.24) is 0 Å². The summed E-state index contributed by atoms with van der Waals surface area (Å²) >= 11 is 11.9. The van der Waals surface area contributed by atoms with Crippen LogP contribution < -0.4 is 10.5 Å². The van der Waals surface area contributed by atoms with Crippen LogP contribution in [-0.2, 0) is 0 Å². The van der Waals surface area contributed by atoms with Gasteiger partial charge in [0.1, 0.15) is 16.6 Å². The van der Waals surface area contributed by atoms with Crippen molar-refractivity contribution in [3.63, 3.8) is 0 Å². The van der Waals surface area contributed by atoms with E-state index in [-0.39, 0.29) is 11.3 Å². The summed E-state index contributed by atoms with van der Waals surface area (Å²) in [5.41, 5.74) is 5.24. The van der Waals surface area contributed by atoms with E-state index in [1.807, 2.05) is 13.8 Å². The van der Waals surface area contributed by atoms with Crippen molar-refractivity contribution >= 4 is 29.0 Å². The Hall–Kier alpha value is -1.13. The molecule has 0 aliphatic rings. The highest BCUT2D eigenvalue weighted by Crippen LogP contribution is 2.31. The molecule has 0 saturated carbocycles. The molecular formula is C13H18Cl2N2O2. The normalized spacial score (nSPS) is 12.5. The highest BCUT2D eigenvalue weighted by Gasteiger charge is 2.23. The number of hydrogen-bond acceptors (Lipinski definition) is 3. The van der Waals surface area contributed by atoms with E-state index < -0.39 is 0 Å². The van der Waals surface area contributed by atoms with E-state index in [0.29, 0.717) is 22.4 Å². The molecule has 0 atom stereocenters. The van der Waals surface area contributed by atoms with Gasteiger partial charge < -0.3 is 15.7 Å². The van der Waals surface area contributed by atoms with Crippen molar-refractivity contribution in [3.8, 4) is 5.75 Å². The van der Waals surface area contributed by atoms with Gasteiger partial charge in [0.2, 0.25) is 0 Å². The van der Waals surface area contributed by atoms with Crippen molar-refractivity contribution < 1.29 is 9.94 Å². The lowest BCUT2D eigenvalue weighted by Gasteiger charge is -2.22. The Bertz CT molecular complexity index is 462. The molecule has 106 valence electrons. The predicted octanol–water partition coefficient (Wildman–Crippen LogP) is 3.93. The third-order valence-electron chi connectivity index (χ3n) is 2.92. The Kier molecular flexibility index (Phi) is 5.76. The molecule has 0 aromatic heterocycles. The third-order valence-corrected chi connectivity index (χ3v) is 3.72. The first-order valence-corrected chi connectivity index (χ1v) is 6.69. The second kappa shape index (κ2) is 6.87. The van der Waals surface area contributed by atoms with Gasteiger partial charge in [0, 0.05) is 5.41 Å². The Labute approximate surface area is 123 Å². The standard InChI is InChI=1S/C13H18Cl2N2O2/c1-13(2,12(16)17-18)7-4-8-19-10-6-3-5-9(14)11(10)15/h3,5-6,18H,4,7-8H2,1-2H3,(H2,16,17). The van der Waals surface area contributed by atoms with Crippen molar-refractivity contribution in [2.45, 2.75) is 26.7 Å². The topological polar surface area (TPSA) is 67.8 Å². The average molecular weight is 305 g/mol. The molecule has 0 unspecified atom stereocenters. The first-order valence-electron chi connectivity index (χ1n) is 5.93. The summed E-state index contributed by atoms with van der Waals surface area (Å²) in [7, 11) is 0. The van der Waals surface area contributed by atoms with E-state index in [1.165, 1.54) is 0 Å². The van der Waals surface area contributed by atoms with Gasteiger partial charge >= 0.3 is 0 Å². The van der Waals surface area contributed by atoms with Gasteiger partial charge in [0.25, 0.3) is 0 Å². The summed E-state index contributed by atoms with van der Waals surface area (Å²) < 4.78 is 5.57. The molecule has 19 heavy (non-hydrogen) atoms. The van der Waals surface area contributed by atoms with Crippen LogP contribution in [0.25, 0.3) is 0 Å². The fourth-order valence-corrected chi connectivity index (χ4v) is 1.90. The van der Waals surface area contributed by atoms with E-state index in [4.69, 9.17) is 38.9 Å². The number of nitrogens with two attached hydrogens (primary N) is 1. The van der Waals surface area contributed by atoms with Gasteiger partial charge in [-0.25, -0.2) is 0 Å². The Morgan fingerprint density at radius 3 is 2.74 bits per heavy atom. The summed E-state index contributed by atoms with van der Waals surface area (Å²) in [4.78, 5) is 0. The first-order chi connectivity index (χ1) is 8.88. The van der Waals surface area contributed by atoms with Crippen molar-refractivity contribution in [3.05, 3.63) is 28.2 Å². The van der Waals surface area contributed by atoms with Gasteiger partial charge in [-0.3, -0.25) is 0 Å². The van der Waals surface area contributed by atoms with Crippen molar-refractivity contribution in [2.24, 2.45) is 16.3 Å². The minimum Gasteiger partial charge on any atom is -0.492 e. The maximum Gasteiger partial charge on any atom is 0.144 e. The van der Waals surface area contributed by atoms with E-state index in [0.717, 1.165) is 12.8 Å². The van der Waals surface area contributed by atoms with Gasteiger partial charge in [-0.1, -0.05) is 48.3 Å². The molecule has 4 nitrogen and oxygen atoms in total. The van der Waals surface area contributed by atoms with E-state index in [9.17, 15) is 0 Å². The minimum atomic E-state index is -0.365. The Morgan fingerprint density at radius 1 is 1.42 bits per heavy atom. The van der Waals surface area contributed by atoms with Crippen LogP contribution in [0.4, 0.5) is 0 Å². The van der Waals surface area contributed by atoms with Gasteiger partial charge in [-0.2, -0.15) is 0 Å². The van der Waals surface area contributed by atoms with Gasteiger partial charge in [0.15, 0.2) is 0 Å². The molecule has 3 N–H and O–H groups in total. The maximum absolute atomic E-state index is 8.67. The molecule has 1 rings (SSSR count). The maximum atomic E-state index is 8.67. The quantitative estimate of drug-likeness (QED) is 0.275. The molecule has 6 heteroatoms. The average Bonchev–Trinajstić information content (AvgIpc) is 2.38. The number of nitrogens with zero attached hydrogens (tertiary/aromatic N) is 1. The van der Waals surface area contributed by atoms with Crippen LogP contribution in [0.5, 0.6) is 5.75 Å². The van der Waals surface area contributed by atoms with Gasteiger partial charge in [-0.05, 0) is 25.0 Å². The lowest BCUT2D eigenvalue weighted by molar-refractivity contribution is 0.277. The summed E-state index contributed by atoms with van der Waals surface area (Å²) in [6.07, 6.45) is 1.49. The molecule has 0 bridgehead atoms. The number of amidine groups is 1. The number of rotatable bonds is 6. The molecule has 0 saturated heterocycles. The van der Waals surface area contributed by atoms with Gasteiger partial charge in [0.05, 0.1) is 11.6 Å². The smallest absolute Gasteiger partial charge is 0.144 e. The Morgan fingerprint density at radius 2 is 2.11 bits per heavy atom. The summed E-state index contributed by atoms with van der Waals surface area (Å²) in [5, 5.41) is 12.6. The third kappa shape index (κ3) is 4.48. The SMILES string of the molecule is CC(C)(CCCOc1cccc(Cl)c1Cl)C(N)=NO. The van der Waals surface area contributed by atoms with Crippen molar-refractivity contribution in [1.29, 1.82) is 0 Å². The molecule has 1 aromatic carbocycles. The molecule has 0 amide bonds. The van der Waals surface area contributed by atoms with Crippen LogP contribution in [0.1, 0.15) is 26.7 Å². The fraction of sp³-hybridized carbons (Fsp3) is 0.462. The van der Waals surface area contributed by atoms with Crippen LogP contribution in [0, 0.1) is 5.41 Å². The molecule has 0 radical (unpaired) electrons. The molecule has 0 aliphatic heterocycles. The minimum absolute atomic E-state index is 0.216. The van der Waals surface area contributed by atoms with Crippen LogP contribution in [0.15, 0.2) is 23.4 Å². The highest BCUT2D eigenvalue weighted by molar-refractivity contribution is 6.42. The van der Waals surface area contributed by atoms with Crippen LogP contribution in [0.3, 0.4) is 0 Å². The van der Waals surface area contributed by atoms with E-state index in [1.54, 1.807) is 18.2 Å². The molecule has 0 fully saturated rings. The molecule has 1 aromatic rings. The lowest BCUT2D eigenvalue weighted by Crippen LogP contribution is -2.32. The zero-order valence-electron chi connectivity index (χ0n) is 11.0. The van der Waals surface area contributed by atoms with Gasteiger partial charge in [-0.15, -0.1) is 0 Å². The lowest BCUT2D eigenvalue weighted by atomic mass is 9.87. The highest BCUT2D eigenvalue weighted by atomic mass is 35.5. The fourth-order valence-electron chi connectivity index (χ4n) is 1.56. The first kappa shape index (κ1) is 15.9. The van der Waals surface area contributed by atoms with E-state index in [2.05, 4.69) is 5.16 Å². The molecule has 0 spiro atoms.